The summed E-state index contributed by atoms with van der Waals surface area (Å²) in [6.07, 6.45) is 1.92. The van der Waals surface area contributed by atoms with Crippen molar-refractivity contribution in [1.82, 2.24) is 5.43 Å². The normalized spacial score (nSPS) is 10.3. The monoisotopic (exact) mass is 375 g/mol. The van der Waals surface area contributed by atoms with Crippen LogP contribution in [-0.4, -0.2) is 5.11 Å². The number of anilines is 3. The fourth-order valence-corrected chi connectivity index (χ4v) is 3.27. The Balaban J connectivity index is 1.86. The Bertz CT molecular complexity index is 817. The van der Waals surface area contributed by atoms with Crippen LogP contribution < -0.4 is 15.8 Å². The number of benzene rings is 3. The molecule has 0 fully saturated rings. The van der Waals surface area contributed by atoms with Gasteiger partial charge in [-0.25, -0.2) is 0 Å². The minimum atomic E-state index is 0.568. The standard InChI is InChI=1S/C23H25N3S/c1-3-18-12-11-13-19(4-2)22(18)24-23(27)25-26(20-14-7-5-8-15-20)21-16-9-6-10-17-21/h5-17H,3-4H2,1-2H3,(H2,24,25,27). The van der Waals surface area contributed by atoms with Gasteiger partial charge in [-0.1, -0.05) is 68.4 Å². The lowest BCUT2D eigenvalue weighted by Gasteiger charge is -2.27. The molecule has 0 aliphatic rings. The predicted octanol–water partition coefficient (Wildman–Crippen LogP) is 5.85. The second kappa shape index (κ2) is 9.19. The molecule has 0 saturated carbocycles. The fourth-order valence-electron chi connectivity index (χ4n) is 3.08. The van der Waals surface area contributed by atoms with E-state index in [1.165, 1.54) is 11.1 Å². The van der Waals surface area contributed by atoms with Crippen molar-refractivity contribution >= 4 is 34.4 Å². The number of hydrogen-bond acceptors (Lipinski definition) is 2. The third-order valence-electron chi connectivity index (χ3n) is 4.48. The summed E-state index contributed by atoms with van der Waals surface area (Å²) in [7, 11) is 0. The van der Waals surface area contributed by atoms with E-state index in [0.717, 1.165) is 29.9 Å². The molecule has 0 aliphatic heterocycles. The first-order valence-electron chi connectivity index (χ1n) is 9.31. The zero-order valence-electron chi connectivity index (χ0n) is 15.8. The van der Waals surface area contributed by atoms with Crippen molar-refractivity contribution in [3.63, 3.8) is 0 Å². The molecule has 0 aromatic heterocycles. The van der Waals surface area contributed by atoms with Gasteiger partial charge < -0.3 is 5.32 Å². The van der Waals surface area contributed by atoms with Crippen LogP contribution in [0.25, 0.3) is 0 Å². The quantitative estimate of drug-likeness (QED) is 0.417. The summed E-state index contributed by atoms with van der Waals surface area (Å²) in [6, 6.07) is 26.7. The predicted molar refractivity (Wildman–Crippen MR) is 120 cm³/mol. The van der Waals surface area contributed by atoms with Crippen LogP contribution in [0.4, 0.5) is 17.1 Å². The molecule has 2 N–H and O–H groups in total. The Morgan fingerprint density at radius 2 is 1.22 bits per heavy atom. The summed E-state index contributed by atoms with van der Waals surface area (Å²) >= 11 is 5.66. The van der Waals surface area contributed by atoms with Gasteiger partial charge in [0.25, 0.3) is 0 Å². The van der Waals surface area contributed by atoms with Crippen LogP contribution in [0.2, 0.25) is 0 Å². The molecule has 0 heterocycles. The minimum Gasteiger partial charge on any atom is -0.331 e. The van der Waals surface area contributed by atoms with E-state index in [4.69, 9.17) is 12.2 Å². The third-order valence-corrected chi connectivity index (χ3v) is 4.67. The zero-order valence-corrected chi connectivity index (χ0v) is 16.6. The second-order valence-corrected chi connectivity index (χ2v) is 6.64. The number of thiocarbonyl (C=S) groups is 1. The molecular weight excluding hydrogens is 350 g/mol. The van der Waals surface area contributed by atoms with Gasteiger partial charge in [0.2, 0.25) is 0 Å². The van der Waals surface area contributed by atoms with E-state index in [0.29, 0.717) is 5.11 Å². The van der Waals surface area contributed by atoms with Crippen LogP contribution in [0.1, 0.15) is 25.0 Å². The van der Waals surface area contributed by atoms with E-state index >= 15 is 0 Å². The van der Waals surface area contributed by atoms with Crippen LogP contribution in [-0.2, 0) is 12.8 Å². The number of rotatable bonds is 6. The van der Waals surface area contributed by atoms with Crippen molar-refractivity contribution in [3.8, 4) is 0 Å². The topological polar surface area (TPSA) is 27.3 Å². The Hall–Kier alpha value is -2.85. The van der Waals surface area contributed by atoms with Crippen LogP contribution in [0.5, 0.6) is 0 Å². The van der Waals surface area contributed by atoms with E-state index in [2.05, 4.69) is 67.1 Å². The van der Waals surface area contributed by atoms with Gasteiger partial charge in [0, 0.05) is 5.69 Å². The summed E-state index contributed by atoms with van der Waals surface area (Å²) in [5, 5.41) is 5.99. The van der Waals surface area contributed by atoms with Crippen molar-refractivity contribution in [3.05, 3.63) is 90.0 Å². The molecule has 138 valence electrons. The van der Waals surface area contributed by atoms with Crippen molar-refractivity contribution in [2.75, 3.05) is 10.3 Å². The highest BCUT2D eigenvalue weighted by Gasteiger charge is 2.13. The summed E-state index contributed by atoms with van der Waals surface area (Å²) in [5.41, 5.74) is 9.04. The zero-order chi connectivity index (χ0) is 19.1. The molecule has 0 amide bonds. The second-order valence-electron chi connectivity index (χ2n) is 6.23. The summed E-state index contributed by atoms with van der Waals surface area (Å²) < 4.78 is 0. The number of para-hydroxylation sites is 3. The minimum absolute atomic E-state index is 0.568. The molecule has 0 unspecified atom stereocenters. The summed E-state index contributed by atoms with van der Waals surface area (Å²) in [4.78, 5) is 0. The lowest BCUT2D eigenvalue weighted by Crippen LogP contribution is -2.41. The summed E-state index contributed by atoms with van der Waals surface area (Å²) in [6.45, 7) is 4.33. The van der Waals surface area contributed by atoms with Crippen LogP contribution in [0.15, 0.2) is 78.9 Å². The van der Waals surface area contributed by atoms with Gasteiger partial charge in [0.1, 0.15) is 0 Å². The van der Waals surface area contributed by atoms with E-state index in [9.17, 15) is 0 Å². The largest absolute Gasteiger partial charge is 0.331 e. The number of hydrogen-bond donors (Lipinski definition) is 2. The van der Waals surface area contributed by atoms with Gasteiger partial charge in [-0.15, -0.1) is 0 Å². The number of aryl methyl sites for hydroxylation is 2. The molecule has 3 nitrogen and oxygen atoms in total. The molecule has 0 aliphatic carbocycles. The first kappa shape index (κ1) is 18.9. The fraction of sp³-hybridized carbons (Fsp3) is 0.174. The lowest BCUT2D eigenvalue weighted by atomic mass is 10.0. The van der Waals surface area contributed by atoms with E-state index in [1.54, 1.807) is 0 Å². The molecule has 3 aromatic rings. The van der Waals surface area contributed by atoms with E-state index in [-0.39, 0.29) is 0 Å². The maximum Gasteiger partial charge on any atom is 0.190 e. The molecular formula is C23H25N3S. The number of nitrogens with zero attached hydrogens (tertiary/aromatic N) is 1. The maximum absolute atomic E-state index is 5.66. The molecule has 0 bridgehead atoms. The average Bonchev–Trinajstić information content (AvgIpc) is 2.73. The highest BCUT2D eigenvalue weighted by molar-refractivity contribution is 7.80. The molecule has 4 heteroatoms. The SMILES string of the molecule is CCc1cccc(CC)c1NC(=S)NN(c1ccccc1)c1ccccc1. The number of nitrogens with one attached hydrogen (secondary N) is 2. The van der Waals surface area contributed by atoms with E-state index < -0.39 is 0 Å². The molecule has 3 rings (SSSR count). The molecule has 0 atom stereocenters. The first-order valence-corrected chi connectivity index (χ1v) is 9.72. The molecule has 0 spiro atoms. The highest BCUT2D eigenvalue weighted by Crippen LogP contribution is 2.25. The van der Waals surface area contributed by atoms with Crippen molar-refractivity contribution in [2.45, 2.75) is 26.7 Å². The van der Waals surface area contributed by atoms with E-state index in [1.807, 2.05) is 41.4 Å². The third kappa shape index (κ3) is 4.66. The highest BCUT2D eigenvalue weighted by atomic mass is 32.1. The van der Waals surface area contributed by atoms with Crippen LogP contribution in [0, 0.1) is 0 Å². The van der Waals surface area contributed by atoms with Gasteiger partial charge in [0.15, 0.2) is 5.11 Å². The van der Waals surface area contributed by atoms with Crippen molar-refractivity contribution < 1.29 is 0 Å². The van der Waals surface area contributed by atoms with Gasteiger partial charge in [0.05, 0.1) is 11.4 Å². The van der Waals surface area contributed by atoms with Crippen LogP contribution >= 0.6 is 12.2 Å². The van der Waals surface area contributed by atoms with Gasteiger partial charge in [-0.3, -0.25) is 10.4 Å². The molecule has 3 aromatic carbocycles. The van der Waals surface area contributed by atoms with Gasteiger partial charge in [-0.05, 0) is 60.5 Å². The van der Waals surface area contributed by atoms with Crippen molar-refractivity contribution in [1.29, 1.82) is 0 Å². The Morgan fingerprint density at radius 3 is 1.67 bits per heavy atom. The molecule has 0 radical (unpaired) electrons. The van der Waals surface area contributed by atoms with Gasteiger partial charge >= 0.3 is 0 Å². The Morgan fingerprint density at radius 1 is 0.741 bits per heavy atom. The Labute approximate surface area is 167 Å². The lowest BCUT2D eigenvalue weighted by molar-refractivity contribution is 0.941. The summed E-state index contributed by atoms with van der Waals surface area (Å²) in [5.74, 6) is 0. The van der Waals surface area contributed by atoms with Crippen molar-refractivity contribution in [2.24, 2.45) is 0 Å². The smallest absolute Gasteiger partial charge is 0.190 e. The molecule has 0 saturated heterocycles. The van der Waals surface area contributed by atoms with Crippen LogP contribution in [0.3, 0.4) is 0 Å². The maximum atomic E-state index is 5.66. The number of hydrazine groups is 1. The first-order chi connectivity index (χ1) is 13.2. The Kier molecular flexibility index (Phi) is 6.44. The molecule has 27 heavy (non-hydrogen) atoms. The van der Waals surface area contributed by atoms with Gasteiger partial charge in [-0.2, -0.15) is 0 Å². The average molecular weight is 376 g/mol.